The Hall–Kier alpha value is -1.47. The molecule has 0 bridgehead atoms. The van der Waals surface area contributed by atoms with Gasteiger partial charge in [-0.1, -0.05) is 13.8 Å². The molecule has 3 heterocycles. The number of likely N-dealkylation sites (tertiary alicyclic amines) is 1. The molecular formula is C17H27N3O4. The molecule has 134 valence electrons. The summed E-state index contributed by atoms with van der Waals surface area (Å²) in [5.41, 5.74) is -0.321. The Bertz CT molecular complexity index is 566. The molecule has 0 radical (unpaired) electrons. The van der Waals surface area contributed by atoms with Gasteiger partial charge >= 0.3 is 0 Å². The summed E-state index contributed by atoms with van der Waals surface area (Å²) >= 11 is 0. The standard InChI is InChI=1S/C17H27N3O4/c1-12(2)16-19-18-14(24-16)5-6-15(21)20-9-7-13(22-3)17(11-20)8-4-10-23-17/h12-13H,4-11H2,1-3H3/t13-,17-/m0/s1. The number of nitrogens with zero attached hydrogens (tertiary/aromatic N) is 3. The van der Waals surface area contributed by atoms with Crippen LogP contribution in [0.1, 0.15) is 57.2 Å². The summed E-state index contributed by atoms with van der Waals surface area (Å²) < 4.78 is 17.2. The van der Waals surface area contributed by atoms with E-state index >= 15 is 0 Å². The van der Waals surface area contributed by atoms with Crippen LogP contribution >= 0.6 is 0 Å². The summed E-state index contributed by atoms with van der Waals surface area (Å²) in [5, 5.41) is 8.03. The Kier molecular flexibility index (Phi) is 5.20. The van der Waals surface area contributed by atoms with Gasteiger partial charge in [-0.25, -0.2) is 0 Å². The van der Waals surface area contributed by atoms with Crippen molar-refractivity contribution in [3.05, 3.63) is 11.8 Å². The zero-order valence-corrected chi connectivity index (χ0v) is 14.8. The van der Waals surface area contributed by atoms with Crippen LogP contribution in [-0.2, 0) is 20.7 Å². The van der Waals surface area contributed by atoms with E-state index in [1.54, 1.807) is 7.11 Å². The molecule has 1 spiro atoms. The van der Waals surface area contributed by atoms with Crippen LogP contribution in [0.25, 0.3) is 0 Å². The van der Waals surface area contributed by atoms with E-state index in [0.29, 0.717) is 37.7 Å². The van der Waals surface area contributed by atoms with Crippen LogP contribution in [0, 0.1) is 0 Å². The Labute approximate surface area is 142 Å². The van der Waals surface area contributed by atoms with Crippen LogP contribution in [0.3, 0.4) is 0 Å². The first-order valence-corrected chi connectivity index (χ1v) is 8.81. The number of carbonyl (C=O) groups is 1. The lowest BCUT2D eigenvalue weighted by Gasteiger charge is -2.44. The van der Waals surface area contributed by atoms with E-state index in [1.165, 1.54) is 0 Å². The van der Waals surface area contributed by atoms with Gasteiger partial charge in [-0.2, -0.15) is 0 Å². The molecule has 0 unspecified atom stereocenters. The molecule has 0 N–H and O–H groups in total. The minimum atomic E-state index is -0.321. The number of rotatable bonds is 5. The lowest BCUT2D eigenvalue weighted by atomic mass is 9.86. The number of aryl methyl sites for hydroxylation is 1. The first-order chi connectivity index (χ1) is 11.5. The van der Waals surface area contributed by atoms with Gasteiger partial charge in [0.15, 0.2) is 0 Å². The Morgan fingerprint density at radius 3 is 2.92 bits per heavy atom. The Morgan fingerprint density at radius 1 is 1.46 bits per heavy atom. The zero-order valence-electron chi connectivity index (χ0n) is 14.8. The molecule has 0 aliphatic carbocycles. The summed E-state index contributed by atoms with van der Waals surface area (Å²) in [6.07, 6.45) is 3.75. The van der Waals surface area contributed by atoms with Crippen LogP contribution in [0.4, 0.5) is 0 Å². The Morgan fingerprint density at radius 2 is 2.29 bits per heavy atom. The topological polar surface area (TPSA) is 77.7 Å². The van der Waals surface area contributed by atoms with Crippen molar-refractivity contribution in [2.24, 2.45) is 0 Å². The van der Waals surface area contributed by atoms with E-state index in [4.69, 9.17) is 13.9 Å². The number of carbonyl (C=O) groups excluding carboxylic acids is 1. The van der Waals surface area contributed by atoms with Crippen molar-refractivity contribution in [3.8, 4) is 0 Å². The van der Waals surface area contributed by atoms with Crippen LogP contribution < -0.4 is 0 Å². The van der Waals surface area contributed by atoms with E-state index in [-0.39, 0.29) is 23.5 Å². The van der Waals surface area contributed by atoms with Crippen molar-refractivity contribution >= 4 is 5.91 Å². The second-order valence-corrected chi connectivity index (χ2v) is 7.03. The highest BCUT2D eigenvalue weighted by Crippen LogP contribution is 2.36. The summed E-state index contributed by atoms with van der Waals surface area (Å²) in [6, 6.07) is 0. The summed E-state index contributed by atoms with van der Waals surface area (Å²) in [6.45, 7) is 6.09. The van der Waals surface area contributed by atoms with Gasteiger partial charge in [0.1, 0.15) is 5.60 Å². The van der Waals surface area contributed by atoms with Crippen molar-refractivity contribution in [1.29, 1.82) is 0 Å². The molecule has 2 fully saturated rings. The first kappa shape index (κ1) is 17.4. The number of piperidine rings is 1. The lowest BCUT2D eigenvalue weighted by Crippen LogP contribution is -2.58. The number of ether oxygens (including phenoxy) is 2. The van der Waals surface area contributed by atoms with Crippen molar-refractivity contribution in [2.75, 3.05) is 26.8 Å². The summed E-state index contributed by atoms with van der Waals surface area (Å²) in [4.78, 5) is 14.5. The van der Waals surface area contributed by atoms with Crippen molar-refractivity contribution in [3.63, 3.8) is 0 Å². The summed E-state index contributed by atoms with van der Waals surface area (Å²) in [7, 11) is 1.73. The Balaban J connectivity index is 1.57. The molecule has 0 saturated carbocycles. The molecule has 2 aliphatic heterocycles. The van der Waals surface area contributed by atoms with Crippen LogP contribution in [0.5, 0.6) is 0 Å². The summed E-state index contributed by atoms with van der Waals surface area (Å²) in [5.74, 6) is 1.47. The number of amides is 1. The fourth-order valence-corrected chi connectivity index (χ4v) is 3.66. The second-order valence-electron chi connectivity index (χ2n) is 7.03. The van der Waals surface area contributed by atoms with Crippen LogP contribution in [-0.4, -0.2) is 59.5 Å². The average molecular weight is 337 g/mol. The largest absolute Gasteiger partial charge is 0.425 e. The third kappa shape index (κ3) is 3.47. The van der Waals surface area contributed by atoms with Crippen molar-refractivity contribution in [1.82, 2.24) is 15.1 Å². The van der Waals surface area contributed by atoms with Crippen molar-refractivity contribution in [2.45, 2.75) is 63.6 Å². The van der Waals surface area contributed by atoms with Gasteiger partial charge in [0, 0.05) is 39.0 Å². The van der Waals surface area contributed by atoms with Gasteiger partial charge in [0.25, 0.3) is 0 Å². The molecule has 1 aromatic rings. The maximum Gasteiger partial charge on any atom is 0.223 e. The van der Waals surface area contributed by atoms with E-state index in [1.807, 2.05) is 18.7 Å². The normalized spacial score (nSPS) is 27.3. The third-order valence-corrected chi connectivity index (χ3v) is 5.01. The molecule has 7 nitrogen and oxygen atoms in total. The molecule has 1 amide bonds. The van der Waals surface area contributed by atoms with E-state index < -0.39 is 0 Å². The minimum Gasteiger partial charge on any atom is -0.425 e. The molecule has 7 heteroatoms. The number of aromatic nitrogens is 2. The van der Waals surface area contributed by atoms with Crippen molar-refractivity contribution < 1.29 is 18.7 Å². The smallest absolute Gasteiger partial charge is 0.223 e. The maximum absolute atomic E-state index is 12.6. The molecular weight excluding hydrogens is 310 g/mol. The lowest BCUT2D eigenvalue weighted by molar-refractivity contribution is -0.160. The second kappa shape index (κ2) is 7.19. The van der Waals surface area contributed by atoms with Gasteiger partial charge in [-0.15, -0.1) is 10.2 Å². The van der Waals surface area contributed by atoms with Gasteiger partial charge in [0.05, 0.1) is 12.6 Å². The van der Waals surface area contributed by atoms with E-state index in [9.17, 15) is 4.79 Å². The molecule has 2 aliphatic rings. The molecule has 2 saturated heterocycles. The average Bonchev–Trinajstić information content (AvgIpc) is 3.22. The minimum absolute atomic E-state index is 0.0774. The predicted octanol–water partition coefficient (Wildman–Crippen LogP) is 1.92. The van der Waals surface area contributed by atoms with Crippen LogP contribution in [0.2, 0.25) is 0 Å². The number of methoxy groups -OCH3 is 1. The highest BCUT2D eigenvalue weighted by atomic mass is 16.6. The highest BCUT2D eigenvalue weighted by Gasteiger charge is 2.48. The molecule has 0 aromatic carbocycles. The SMILES string of the molecule is CO[C@H]1CCN(C(=O)CCc2nnc(C(C)C)o2)C[C@@]12CCCO2. The molecule has 2 atom stereocenters. The molecule has 1 aromatic heterocycles. The molecule has 24 heavy (non-hydrogen) atoms. The van der Waals surface area contributed by atoms with Gasteiger partial charge in [0.2, 0.25) is 17.7 Å². The predicted molar refractivity (Wildman–Crippen MR) is 86.6 cm³/mol. The van der Waals surface area contributed by atoms with Gasteiger partial charge in [-0.3, -0.25) is 4.79 Å². The number of hydrogen-bond donors (Lipinski definition) is 0. The maximum atomic E-state index is 12.6. The fraction of sp³-hybridized carbons (Fsp3) is 0.824. The highest BCUT2D eigenvalue weighted by molar-refractivity contribution is 5.76. The quantitative estimate of drug-likeness (QED) is 0.817. The first-order valence-electron chi connectivity index (χ1n) is 8.81. The van der Waals surface area contributed by atoms with Gasteiger partial charge in [-0.05, 0) is 19.3 Å². The van der Waals surface area contributed by atoms with E-state index in [0.717, 1.165) is 25.9 Å². The van der Waals surface area contributed by atoms with Crippen LogP contribution in [0.15, 0.2) is 4.42 Å². The zero-order chi connectivity index (χ0) is 17.2. The molecule has 3 rings (SSSR count). The monoisotopic (exact) mass is 337 g/mol. The van der Waals surface area contributed by atoms with E-state index in [2.05, 4.69) is 10.2 Å². The fourth-order valence-electron chi connectivity index (χ4n) is 3.66. The number of hydrogen-bond acceptors (Lipinski definition) is 6. The van der Waals surface area contributed by atoms with Gasteiger partial charge < -0.3 is 18.8 Å². The third-order valence-electron chi connectivity index (χ3n) is 5.01.